The predicted octanol–water partition coefficient (Wildman–Crippen LogP) is 4.13. The van der Waals surface area contributed by atoms with Gasteiger partial charge < -0.3 is 5.32 Å². The van der Waals surface area contributed by atoms with E-state index in [4.69, 9.17) is 0 Å². The second-order valence-electron chi connectivity index (χ2n) is 8.68. The van der Waals surface area contributed by atoms with Gasteiger partial charge >= 0.3 is 0 Å². The molecule has 1 nitrogen and oxygen atoms in total. The Hall–Kier alpha value is -0.820. The Balaban J connectivity index is 1.18. The summed E-state index contributed by atoms with van der Waals surface area (Å²) in [5.74, 6) is 3.04. The van der Waals surface area contributed by atoms with Gasteiger partial charge in [-0.05, 0) is 91.3 Å². The second-order valence-corrected chi connectivity index (χ2v) is 8.68. The van der Waals surface area contributed by atoms with Crippen molar-refractivity contribution in [2.24, 2.45) is 23.2 Å². The lowest BCUT2D eigenvalue weighted by molar-refractivity contribution is 0.468. The van der Waals surface area contributed by atoms with Gasteiger partial charge in [0.15, 0.2) is 0 Å². The summed E-state index contributed by atoms with van der Waals surface area (Å²) in [6, 6.07) is 8.18. The molecule has 118 valence electrons. The summed E-state index contributed by atoms with van der Waals surface area (Å²) in [5.41, 5.74) is 5.61. The molecule has 1 heteroatoms. The van der Waals surface area contributed by atoms with E-state index in [0.29, 0.717) is 0 Å². The molecule has 0 amide bonds. The highest BCUT2D eigenvalue weighted by Gasteiger charge is 2.77. The molecule has 1 spiro atoms. The lowest BCUT2D eigenvalue weighted by atomic mass is 9.84. The highest BCUT2D eigenvalue weighted by molar-refractivity contribution is 5.34. The SMILES string of the molecule is C[C@H]1CCc2cc(CCN[C@H]3[C@@H]4CCC[C@@H]5CC543)ccc2C1. The minimum Gasteiger partial charge on any atom is -0.313 e. The average Bonchev–Trinajstić information content (AvgIpc) is 3.39. The minimum absolute atomic E-state index is 0.810. The van der Waals surface area contributed by atoms with E-state index in [1.54, 1.807) is 23.1 Å². The zero-order valence-corrected chi connectivity index (χ0v) is 13.9. The van der Waals surface area contributed by atoms with Gasteiger partial charge in [0, 0.05) is 6.04 Å². The third-order valence-corrected chi connectivity index (χ3v) is 7.35. The minimum atomic E-state index is 0.810. The summed E-state index contributed by atoms with van der Waals surface area (Å²) in [5, 5.41) is 3.92. The molecule has 0 aromatic heterocycles. The zero-order chi connectivity index (χ0) is 14.7. The van der Waals surface area contributed by atoms with Crippen LogP contribution in [-0.2, 0) is 19.3 Å². The first-order valence-corrected chi connectivity index (χ1v) is 9.61. The molecule has 5 rings (SSSR count). The summed E-state index contributed by atoms with van der Waals surface area (Å²) < 4.78 is 0. The molecule has 1 unspecified atom stereocenters. The zero-order valence-electron chi connectivity index (χ0n) is 13.9. The molecule has 4 aliphatic rings. The van der Waals surface area contributed by atoms with Crippen LogP contribution in [0.15, 0.2) is 18.2 Å². The molecule has 1 aromatic rings. The van der Waals surface area contributed by atoms with Crippen molar-refractivity contribution in [3.63, 3.8) is 0 Å². The highest BCUT2D eigenvalue weighted by Crippen LogP contribution is 2.79. The van der Waals surface area contributed by atoms with E-state index in [0.717, 1.165) is 29.2 Å². The monoisotopic (exact) mass is 295 g/mol. The molecule has 1 aromatic carbocycles. The quantitative estimate of drug-likeness (QED) is 0.880. The molecule has 1 N–H and O–H groups in total. The largest absolute Gasteiger partial charge is 0.313 e. The number of nitrogens with one attached hydrogen (secondary N) is 1. The van der Waals surface area contributed by atoms with E-state index in [1.165, 1.54) is 51.5 Å². The maximum atomic E-state index is 3.92. The van der Waals surface area contributed by atoms with Crippen molar-refractivity contribution in [1.82, 2.24) is 5.32 Å². The molecular formula is C21H29N. The predicted molar refractivity (Wildman–Crippen MR) is 91.0 cm³/mol. The van der Waals surface area contributed by atoms with Gasteiger partial charge in [0.05, 0.1) is 0 Å². The van der Waals surface area contributed by atoms with Crippen molar-refractivity contribution in [2.75, 3.05) is 6.54 Å². The van der Waals surface area contributed by atoms with Crippen LogP contribution >= 0.6 is 0 Å². The lowest BCUT2D eigenvalue weighted by Gasteiger charge is -2.22. The maximum absolute atomic E-state index is 3.92. The van der Waals surface area contributed by atoms with Gasteiger partial charge in [0.25, 0.3) is 0 Å². The maximum Gasteiger partial charge on any atom is 0.0164 e. The third-order valence-electron chi connectivity index (χ3n) is 7.35. The molecule has 0 saturated heterocycles. The number of hydrogen-bond acceptors (Lipinski definition) is 1. The Bertz CT molecular complexity index is 592. The fraction of sp³-hybridized carbons (Fsp3) is 0.714. The molecule has 0 radical (unpaired) electrons. The molecule has 22 heavy (non-hydrogen) atoms. The van der Waals surface area contributed by atoms with Crippen LogP contribution in [0.3, 0.4) is 0 Å². The van der Waals surface area contributed by atoms with Crippen LogP contribution in [0.25, 0.3) is 0 Å². The molecule has 4 aliphatic carbocycles. The van der Waals surface area contributed by atoms with Gasteiger partial charge in [-0.3, -0.25) is 0 Å². The van der Waals surface area contributed by atoms with Crippen molar-refractivity contribution in [3.05, 3.63) is 34.9 Å². The number of benzene rings is 1. The van der Waals surface area contributed by atoms with Gasteiger partial charge in [0.2, 0.25) is 0 Å². The van der Waals surface area contributed by atoms with Crippen molar-refractivity contribution in [1.29, 1.82) is 0 Å². The fourth-order valence-corrected chi connectivity index (χ4v) is 5.98. The van der Waals surface area contributed by atoms with Gasteiger partial charge in [-0.1, -0.05) is 31.5 Å². The first-order chi connectivity index (χ1) is 10.8. The molecule has 3 saturated carbocycles. The molecule has 3 fully saturated rings. The Morgan fingerprint density at radius 1 is 1.18 bits per heavy atom. The summed E-state index contributed by atoms with van der Waals surface area (Å²) >= 11 is 0. The molecule has 0 heterocycles. The van der Waals surface area contributed by atoms with Crippen molar-refractivity contribution < 1.29 is 0 Å². The van der Waals surface area contributed by atoms with E-state index in [-0.39, 0.29) is 0 Å². The number of fused-ring (bicyclic) bond motifs is 1. The van der Waals surface area contributed by atoms with Crippen LogP contribution in [0.2, 0.25) is 0 Å². The lowest BCUT2D eigenvalue weighted by Crippen LogP contribution is -2.23. The van der Waals surface area contributed by atoms with Gasteiger partial charge in [-0.25, -0.2) is 0 Å². The van der Waals surface area contributed by atoms with Crippen molar-refractivity contribution in [2.45, 2.75) is 64.3 Å². The van der Waals surface area contributed by atoms with E-state index in [1.807, 2.05) is 0 Å². The van der Waals surface area contributed by atoms with Crippen molar-refractivity contribution in [3.8, 4) is 0 Å². The molecule has 5 atom stereocenters. The average molecular weight is 295 g/mol. The van der Waals surface area contributed by atoms with Crippen molar-refractivity contribution >= 4 is 0 Å². The summed E-state index contributed by atoms with van der Waals surface area (Å²) in [4.78, 5) is 0. The number of aryl methyl sites for hydroxylation is 1. The Kier molecular flexibility index (Phi) is 2.99. The molecular weight excluding hydrogens is 266 g/mol. The first kappa shape index (κ1) is 13.6. The number of hydrogen-bond donors (Lipinski definition) is 1. The normalized spacial score (nSPS) is 41.3. The van der Waals surface area contributed by atoms with E-state index < -0.39 is 0 Å². The Morgan fingerprint density at radius 3 is 3.05 bits per heavy atom. The van der Waals surface area contributed by atoms with Crippen LogP contribution in [0.4, 0.5) is 0 Å². The van der Waals surface area contributed by atoms with Crippen LogP contribution in [0.5, 0.6) is 0 Å². The molecule has 0 bridgehead atoms. The standard InChI is InChI=1S/C21H29N/c1-14-5-7-17-12-15(6-8-16(17)11-14)9-10-22-20-19-4-2-3-18-13-21(18,19)20/h6,8,12,14,18-20,22H,2-5,7,9-11,13H2,1H3/t14-,18+,19-,20-,21?/m0/s1. The van der Waals surface area contributed by atoms with Crippen LogP contribution in [0.1, 0.15) is 55.7 Å². The smallest absolute Gasteiger partial charge is 0.0164 e. The first-order valence-electron chi connectivity index (χ1n) is 9.61. The van der Waals surface area contributed by atoms with Gasteiger partial charge in [0.1, 0.15) is 0 Å². The number of rotatable bonds is 4. The fourth-order valence-electron chi connectivity index (χ4n) is 5.98. The van der Waals surface area contributed by atoms with E-state index >= 15 is 0 Å². The van der Waals surface area contributed by atoms with E-state index in [2.05, 4.69) is 30.4 Å². The van der Waals surface area contributed by atoms with E-state index in [9.17, 15) is 0 Å². The topological polar surface area (TPSA) is 12.0 Å². The van der Waals surface area contributed by atoms with Crippen LogP contribution < -0.4 is 5.32 Å². The van der Waals surface area contributed by atoms with Gasteiger partial charge in [-0.15, -0.1) is 0 Å². The third kappa shape index (κ3) is 2.01. The summed E-state index contributed by atoms with van der Waals surface area (Å²) in [6.07, 6.45) is 11.3. The van der Waals surface area contributed by atoms with Crippen LogP contribution in [0, 0.1) is 23.2 Å². The highest BCUT2D eigenvalue weighted by atomic mass is 15.1. The summed E-state index contributed by atoms with van der Waals surface area (Å²) in [6.45, 7) is 3.57. The van der Waals surface area contributed by atoms with Crippen LogP contribution in [-0.4, -0.2) is 12.6 Å². The Labute approximate surface area is 134 Å². The Morgan fingerprint density at radius 2 is 2.14 bits per heavy atom. The van der Waals surface area contributed by atoms with Gasteiger partial charge in [-0.2, -0.15) is 0 Å². The summed E-state index contributed by atoms with van der Waals surface area (Å²) in [7, 11) is 0. The molecule has 0 aliphatic heterocycles. The second kappa shape index (κ2) is 4.84.